The Balaban J connectivity index is 1.64. The summed E-state index contributed by atoms with van der Waals surface area (Å²) < 4.78 is 0. The molecule has 0 aliphatic heterocycles. The lowest BCUT2D eigenvalue weighted by molar-refractivity contribution is 0.249. The molecule has 2 aromatic carbocycles. The fraction of sp³-hybridized carbons (Fsp3) is 0.316. The van der Waals surface area contributed by atoms with Crippen LogP contribution in [0.25, 0.3) is 0 Å². The van der Waals surface area contributed by atoms with E-state index in [4.69, 9.17) is 11.6 Å². The summed E-state index contributed by atoms with van der Waals surface area (Å²) >= 11 is 5.93. The van der Waals surface area contributed by atoms with Gasteiger partial charge < -0.3 is 10.6 Å². The molecule has 0 saturated heterocycles. The number of anilines is 1. The zero-order chi connectivity index (χ0) is 16.2. The third kappa shape index (κ3) is 4.05. The Morgan fingerprint density at radius 3 is 2.65 bits per heavy atom. The van der Waals surface area contributed by atoms with E-state index in [-0.39, 0.29) is 12.1 Å². The second-order valence-electron chi connectivity index (χ2n) is 6.07. The Morgan fingerprint density at radius 1 is 1.09 bits per heavy atom. The van der Waals surface area contributed by atoms with E-state index < -0.39 is 0 Å². The van der Waals surface area contributed by atoms with E-state index in [1.54, 1.807) is 12.1 Å². The van der Waals surface area contributed by atoms with Gasteiger partial charge in [0.25, 0.3) is 0 Å². The summed E-state index contributed by atoms with van der Waals surface area (Å²) in [6.07, 6.45) is 4.85. The molecule has 0 aromatic heterocycles. The monoisotopic (exact) mass is 328 g/mol. The third-order valence-corrected chi connectivity index (χ3v) is 4.54. The SMILES string of the molecule is C[C@H](NC(=O)Nc1cccc(Cl)c1)c1ccc2c(c1)CCCC2. The van der Waals surface area contributed by atoms with Crippen LogP contribution in [-0.2, 0) is 12.8 Å². The molecule has 2 amide bonds. The van der Waals surface area contributed by atoms with Crippen molar-refractivity contribution in [1.29, 1.82) is 0 Å². The van der Waals surface area contributed by atoms with E-state index in [1.165, 1.54) is 30.4 Å². The quantitative estimate of drug-likeness (QED) is 0.808. The second-order valence-corrected chi connectivity index (χ2v) is 6.50. The standard InChI is InChI=1S/C19H21ClN2O/c1-13(15-10-9-14-5-2-3-6-16(14)11-15)21-19(23)22-18-8-4-7-17(20)12-18/h4,7-13H,2-3,5-6H2,1H3,(H2,21,22,23)/t13-/m0/s1. The maximum atomic E-state index is 12.1. The van der Waals surface area contributed by atoms with Gasteiger partial charge in [-0.2, -0.15) is 0 Å². The van der Waals surface area contributed by atoms with Crippen molar-refractivity contribution in [3.63, 3.8) is 0 Å². The molecule has 1 aliphatic carbocycles. The molecule has 120 valence electrons. The van der Waals surface area contributed by atoms with Gasteiger partial charge in [0.15, 0.2) is 0 Å². The minimum absolute atomic E-state index is 0.0404. The van der Waals surface area contributed by atoms with Crippen LogP contribution in [0.1, 0.15) is 42.5 Å². The van der Waals surface area contributed by atoms with Crippen molar-refractivity contribution in [3.8, 4) is 0 Å². The van der Waals surface area contributed by atoms with Crippen molar-refractivity contribution in [1.82, 2.24) is 5.32 Å². The molecule has 23 heavy (non-hydrogen) atoms. The minimum atomic E-state index is -0.225. The van der Waals surface area contributed by atoms with Crippen molar-refractivity contribution in [2.45, 2.75) is 38.6 Å². The van der Waals surface area contributed by atoms with Gasteiger partial charge in [0.05, 0.1) is 6.04 Å². The van der Waals surface area contributed by atoms with Crippen LogP contribution in [0, 0.1) is 0 Å². The fourth-order valence-corrected chi connectivity index (χ4v) is 3.23. The summed E-state index contributed by atoms with van der Waals surface area (Å²) in [7, 11) is 0. The maximum Gasteiger partial charge on any atom is 0.319 e. The van der Waals surface area contributed by atoms with Gasteiger partial charge in [-0.3, -0.25) is 0 Å². The Morgan fingerprint density at radius 2 is 1.87 bits per heavy atom. The van der Waals surface area contributed by atoms with E-state index in [1.807, 2.05) is 19.1 Å². The van der Waals surface area contributed by atoms with Gasteiger partial charge in [-0.15, -0.1) is 0 Å². The third-order valence-electron chi connectivity index (χ3n) is 4.30. The van der Waals surface area contributed by atoms with E-state index >= 15 is 0 Å². The van der Waals surface area contributed by atoms with Gasteiger partial charge >= 0.3 is 6.03 Å². The molecule has 0 saturated carbocycles. The number of hydrogen-bond donors (Lipinski definition) is 2. The smallest absolute Gasteiger partial charge is 0.319 e. The van der Waals surface area contributed by atoms with Gasteiger partial charge in [-0.25, -0.2) is 4.79 Å². The number of amides is 2. The molecule has 1 aliphatic rings. The molecule has 2 N–H and O–H groups in total. The Kier molecular flexibility index (Phi) is 4.87. The van der Waals surface area contributed by atoms with E-state index in [2.05, 4.69) is 28.8 Å². The molecule has 0 heterocycles. The van der Waals surface area contributed by atoms with Crippen LogP contribution >= 0.6 is 11.6 Å². The van der Waals surface area contributed by atoms with Gasteiger partial charge in [0, 0.05) is 10.7 Å². The number of urea groups is 1. The number of nitrogens with one attached hydrogen (secondary N) is 2. The number of halogens is 1. The predicted molar refractivity (Wildman–Crippen MR) is 95.1 cm³/mol. The van der Waals surface area contributed by atoms with Gasteiger partial charge in [0.1, 0.15) is 0 Å². The van der Waals surface area contributed by atoms with Crippen LogP contribution in [0.5, 0.6) is 0 Å². The lowest BCUT2D eigenvalue weighted by Gasteiger charge is -2.20. The molecular weight excluding hydrogens is 308 g/mol. The second kappa shape index (κ2) is 7.05. The van der Waals surface area contributed by atoms with Gasteiger partial charge in [0.2, 0.25) is 0 Å². The first-order valence-corrected chi connectivity index (χ1v) is 8.44. The summed E-state index contributed by atoms with van der Waals surface area (Å²) in [5.41, 5.74) is 4.72. The van der Waals surface area contributed by atoms with E-state index in [0.29, 0.717) is 10.7 Å². The number of carbonyl (C=O) groups is 1. The number of fused-ring (bicyclic) bond motifs is 1. The van der Waals surface area contributed by atoms with Crippen molar-refractivity contribution in [2.75, 3.05) is 5.32 Å². The highest BCUT2D eigenvalue weighted by Gasteiger charge is 2.14. The molecule has 0 radical (unpaired) electrons. The van der Waals surface area contributed by atoms with Crippen LogP contribution in [0.2, 0.25) is 5.02 Å². The van der Waals surface area contributed by atoms with E-state index in [9.17, 15) is 4.79 Å². The van der Waals surface area contributed by atoms with Gasteiger partial charge in [-0.1, -0.05) is 35.9 Å². The molecule has 4 heteroatoms. The summed E-state index contributed by atoms with van der Waals surface area (Å²) in [6, 6.07) is 13.4. The Hall–Kier alpha value is -2.00. The number of aryl methyl sites for hydroxylation is 2. The molecule has 1 atom stereocenters. The first kappa shape index (κ1) is 15.9. The average molecular weight is 329 g/mol. The first-order valence-electron chi connectivity index (χ1n) is 8.06. The molecule has 0 spiro atoms. The average Bonchev–Trinajstić information content (AvgIpc) is 2.54. The van der Waals surface area contributed by atoms with Crippen LogP contribution < -0.4 is 10.6 Å². The molecule has 0 unspecified atom stereocenters. The van der Waals surface area contributed by atoms with Crippen LogP contribution in [-0.4, -0.2) is 6.03 Å². The molecule has 3 nitrogen and oxygen atoms in total. The molecule has 0 bridgehead atoms. The normalized spacial score (nSPS) is 14.7. The van der Waals surface area contributed by atoms with Crippen LogP contribution in [0.3, 0.4) is 0 Å². The van der Waals surface area contributed by atoms with Crippen molar-refractivity contribution >= 4 is 23.3 Å². The fourth-order valence-electron chi connectivity index (χ4n) is 3.04. The molecule has 0 fully saturated rings. The topological polar surface area (TPSA) is 41.1 Å². The maximum absolute atomic E-state index is 12.1. The largest absolute Gasteiger partial charge is 0.331 e. The lowest BCUT2D eigenvalue weighted by Crippen LogP contribution is -2.31. The first-order chi connectivity index (χ1) is 11.1. The summed E-state index contributed by atoms with van der Waals surface area (Å²) in [6.45, 7) is 2.00. The highest BCUT2D eigenvalue weighted by Crippen LogP contribution is 2.25. The minimum Gasteiger partial charge on any atom is -0.331 e. The van der Waals surface area contributed by atoms with Crippen molar-refractivity contribution in [3.05, 3.63) is 64.2 Å². The number of rotatable bonds is 3. The predicted octanol–water partition coefficient (Wildman–Crippen LogP) is 5.10. The zero-order valence-corrected chi connectivity index (χ0v) is 14.0. The van der Waals surface area contributed by atoms with Crippen LogP contribution in [0.15, 0.2) is 42.5 Å². The van der Waals surface area contributed by atoms with Crippen molar-refractivity contribution < 1.29 is 4.79 Å². The number of benzene rings is 2. The number of carbonyl (C=O) groups excluding carboxylic acids is 1. The van der Waals surface area contributed by atoms with Gasteiger partial charge in [-0.05, 0) is 67.5 Å². The Labute approximate surface area is 142 Å². The molecule has 2 aromatic rings. The number of hydrogen-bond acceptors (Lipinski definition) is 1. The van der Waals surface area contributed by atoms with Crippen LogP contribution in [0.4, 0.5) is 10.5 Å². The highest BCUT2D eigenvalue weighted by atomic mass is 35.5. The zero-order valence-electron chi connectivity index (χ0n) is 13.2. The summed E-state index contributed by atoms with van der Waals surface area (Å²) in [4.78, 5) is 12.1. The Bertz CT molecular complexity index is 714. The summed E-state index contributed by atoms with van der Waals surface area (Å²) in [5, 5.41) is 6.39. The summed E-state index contributed by atoms with van der Waals surface area (Å²) in [5.74, 6) is 0. The van der Waals surface area contributed by atoms with E-state index in [0.717, 1.165) is 12.0 Å². The highest BCUT2D eigenvalue weighted by molar-refractivity contribution is 6.30. The lowest BCUT2D eigenvalue weighted by atomic mass is 9.89. The molecule has 3 rings (SSSR count). The molecular formula is C19H21ClN2O. The van der Waals surface area contributed by atoms with Crippen molar-refractivity contribution in [2.24, 2.45) is 0 Å².